The maximum atomic E-state index is 12.5. The molecule has 0 saturated carbocycles. The molecule has 2 amide bonds. The van der Waals surface area contributed by atoms with Gasteiger partial charge in [0.15, 0.2) is 9.84 Å². The maximum absolute atomic E-state index is 12.5. The number of sulfone groups is 1. The van der Waals surface area contributed by atoms with Crippen molar-refractivity contribution in [1.29, 1.82) is 0 Å². The Morgan fingerprint density at radius 3 is 2.80 bits per heavy atom. The second kappa shape index (κ2) is 6.47. The molecule has 9 heteroatoms. The first-order chi connectivity index (χ1) is 11.7. The quantitative estimate of drug-likeness (QED) is 0.824. The smallest absolute Gasteiger partial charge is 0.274 e. The van der Waals surface area contributed by atoms with Crippen LogP contribution < -0.4 is 5.32 Å². The monoisotopic (exact) mass is 364 g/mol. The second-order valence-corrected chi connectivity index (χ2v) is 8.58. The van der Waals surface area contributed by atoms with Crippen LogP contribution >= 0.6 is 0 Å². The lowest BCUT2D eigenvalue weighted by atomic mass is 10.2. The van der Waals surface area contributed by atoms with E-state index in [4.69, 9.17) is 0 Å². The molecule has 134 valence electrons. The Balaban J connectivity index is 1.63. The summed E-state index contributed by atoms with van der Waals surface area (Å²) in [5.41, 5.74) is 1.87. The normalized spacial score (nSPS) is 19.0. The van der Waals surface area contributed by atoms with Crippen molar-refractivity contribution < 1.29 is 18.0 Å². The number of carbonyl (C=O) groups excluding carboxylic acids is 2. The van der Waals surface area contributed by atoms with E-state index in [0.29, 0.717) is 12.1 Å². The highest BCUT2D eigenvalue weighted by Crippen LogP contribution is 2.12. The van der Waals surface area contributed by atoms with Crippen LogP contribution in [0, 0.1) is 6.92 Å². The Morgan fingerprint density at radius 1 is 1.40 bits per heavy atom. The number of amides is 2. The van der Waals surface area contributed by atoms with Crippen LogP contribution in [-0.2, 0) is 14.6 Å². The molecular formula is C16H20N4O4S. The maximum Gasteiger partial charge on any atom is 0.274 e. The molecule has 0 aromatic carbocycles. The zero-order chi connectivity index (χ0) is 18.2. The molecular weight excluding hydrogens is 344 g/mol. The second-order valence-electron chi connectivity index (χ2n) is 6.35. The number of rotatable bonds is 4. The van der Waals surface area contributed by atoms with E-state index in [1.54, 1.807) is 12.3 Å². The minimum absolute atomic E-state index is 0.0396. The van der Waals surface area contributed by atoms with Crippen LogP contribution in [0.25, 0.3) is 5.65 Å². The summed E-state index contributed by atoms with van der Waals surface area (Å²) in [6.45, 7) is 1.76. The molecule has 25 heavy (non-hydrogen) atoms. The zero-order valence-corrected chi connectivity index (χ0v) is 14.9. The summed E-state index contributed by atoms with van der Waals surface area (Å²) < 4.78 is 24.7. The van der Waals surface area contributed by atoms with Crippen LogP contribution in [0.4, 0.5) is 0 Å². The molecule has 3 rings (SSSR count). The molecule has 1 N–H and O–H groups in total. The summed E-state index contributed by atoms with van der Waals surface area (Å²) in [6.07, 6.45) is 2.06. The van der Waals surface area contributed by atoms with E-state index in [-0.39, 0.29) is 41.6 Å². The standard InChI is InChI=1S/C16H20N4O4S/c1-11-4-3-5-14-18-13(8-20(11)14)16(22)19(2)9-15(21)17-12-6-7-25(23,24)10-12/h3-5,8,12H,6-7,9-10H2,1-2H3,(H,17,21). The fourth-order valence-electron chi connectivity index (χ4n) is 2.92. The molecule has 1 aliphatic rings. The first-order valence-corrected chi connectivity index (χ1v) is 9.77. The summed E-state index contributed by atoms with van der Waals surface area (Å²) in [5.74, 6) is -0.690. The molecule has 8 nitrogen and oxygen atoms in total. The van der Waals surface area contributed by atoms with Crippen molar-refractivity contribution in [2.24, 2.45) is 0 Å². The predicted octanol–water partition coefficient (Wildman–Crippen LogP) is 0.0180. The number of imidazole rings is 1. The van der Waals surface area contributed by atoms with Crippen molar-refractivity contribution in [3.8, 4) is 0 Å². The number of carbonyl (C=O) groups is 2. The largest absolute Gasteiger partial charge is 0.351 e. The van der Waals surface area contributed by atoms with Crippen LogP contribution in [0.2, 0.25) is 0 Å². The number of fused-ring (bicyclic) bond motifs is 1. The van der Waals surface area contributed by atoms with Gasteiger partial charge in [0.2, 0.25) is 5.91 Å². The lowest BCUT2D eigenvalue weighted by Gasteiger charge is -2.17. The van der Waals surface area contributed by atoms with E-state index in [1.165, 1.54) is 11.9 Å². The molecule has 1 fully saturated rings. The minimum atomic E-state index is -3.06. The third kappa shape index (κ3) is 3.81. The van der Waals surface area contributed by atoms with E-state index in [9.17, 15) is 18.0 Å². The van der Waals surface area contributed by atoms with Gasteiger partial charge in [-0.2, -0.15) is 0 Å². The van der Waals surface area contributed by atoms with Gasteiger partial charge in [0, 0.05) is 25.0 Å². The molecule has 2 aromatic heterocycles. The van der Waals surface area contributed by atoms with Crippen molar-refractivity contribution in [2.75, 3.05) is 25.1 Å². The number of nitrogens with one attached hydrogen (secondary N) is 1. The summed E-state index contributed by atoms with van der Waals surface area (Å²) >= 11 is 0. The van der Waals surface area contributed by atoms with Gasteiger partial charge < -0.3 is 14.6 Å². The Kier molecular flexibility index (Phi) is 4.51. The van der Waals surface area contributed by atoms with Crippen molar-refractivity contribution in [3.63, 3.8) is 0 Å². The molecule has 0 spiro atoms. The number of aryl methyl sites for hydroxylation is 1. The van der Waals surface area contributed by atoms with Crippen molar-refractivity contribution in [2.45, 2.75) is 19.4 Å². The first-order valence-electron chi connectivity index (χ1n) is 7.95. The van der Waals surface area contributed by atoms with E-state index < -0.39 is 9.84 Å². The average molecular weight is 364 g/mol. The zero-order valence-electron chi connectivity index (χ0n) is 14.1. The molecule has 1 aliphatic heterocycles. The summed E-state index contributed by atoms with van der Waals surface area (Å²) in [6, 6.07) is 5.20. The van der Waals surface area contributed by atoms with E-state index in [2.05, 4.69) is 10.3 Å². The summed E-state index contributed by atoms with van der Waals surface area (Å²) in [5, 5.41) is 2.67. The molecule has 0 bridgehead atoms. The van der Waals surface area contributed by atoms with Crippen LogP contribution in [0.15, 0.2) is 24.4 Å². The van der Waals surface area contributed by atoms with Gasteiger partial charge in [-0.25, -0.2) is 13.4 Å². The van der Waals surface area contributed by atoms with Gasteiger partial charge in [0.25, 0.3) is 5.91 Å². The average Bonchev–Trinajstić information content (AvgIpc) is 3.10. The van der Waals surface area contributed by atoms with Gasteiger partial charge in [-0.05, 0) is 25.5 Å². The molecule has 1 atom stereocenters. The van der Waals surface area contributed by atoms with Gasteiger partial charge in [-0.3, -0.25) is 9.59 Å². The molecule has 1 unspecified atom stereocenters. The van der Waals surface area contributed by atoms with Crippen LogP contribution in [-0.4, -0.2) is 65.7 Å². The Bertz CT molecular complexity index is 935. The highest BCUT2D eigenvalue weighted by Gasteiger charge is 2.29. The number of hydrogen-bond donors (Lipinski definition) is 1. The predicted molar refractivity (Wildman–Crippen MR) is 92.1 cm³/mol. The lowest BCUT2D eigenvalue weighted by molar-refractivity contribution is -0.122. The Morgan fingerprint density at radius 2 is 2.16 bits per heavy atom. The lowest BCUT2D eigenvalue weighted by Crippen LogP contribution is -2.43. The van der Waals surface area contributed by atoms with Crippen LogP contribution in [0.3, 0.4) is 0 Å². The van der Waals surface area contributed by atoms with Crippen molar-refractivity contribution in [1.82, 2.24) is 19.6 Å². The Labute approximate surface area is 145 Å². The number of aromatic nitrogens is 2. The van der Waals surface area contributed by atoms with Crippen LogP contribution in [0.5, 0.6) is 0 Å². The third-order valence-corrected chi connectivity index (χ3v) is 6.01. The number of likely N-dealkylation sites (N-methyl/N-ethyl adjacent to an activating group) is 1. The summed E-state index contributed by atoms with van der Waals surface area (Å²) in [7, 11) is -1.54. The van der Waals surface area contributed by atoms with Gasteiger partial charge in [0.05, 0.1) is 18.1 Å². The molecule has 0 radical (unpaired) electrons. The van der Waals surface area contributed by atoms with Crippen molar-refractivity contribution >= 4 is 27.3 Å². The van der Waals surface area contributed by atoms with E-state index in [1.807, 2.05) is 23.5 Å². The molecule has 1 saturated heterocycles. The Hall–Kier alpha value is -2.42. The topological polar surface area (TPSA) is 101 Å². The number of hydrogen-bond acceptors (Lipinski definition) is 5. The van der Waals surface area contributed by atoms with Crippen molar-refractivity contribution in [3.05, 3.63) is 35.8 Å². The molecule has 0 aliphatic carbocycles. The van der Waals surface area contributed by atoms with E-state index in [0.717, 1.165) is 5.69 Å². The van der Waals surface area contributed by atoms with Gasteiger partial charge in [-0.15, -0.1) is 0 Å². The van der Waals surface area contributed by atoms with Crippen LogP contribution in [0.1, 0.15) is 22.6 Å². The summed E-state index contributed by atoms with van der Waals surface area (Å²) in [4.78, 5) is 30.1. The molecule has 3 heterocycles. The number of pyridine rings is 1. The highest BCUT2D eigenvalue weighted by atomic mass is 32.2. The first kappa shape index (κ1) is 17.4. The van der Waals surface area contributed by atoms with Gasteiger partial charge >= 0.3 is 0 Å². The third-order valence-electron chi connectivity index (χ3n) is 4.24. The fourth-order valence-corrected chi connectivity index (χ4v) is 4.59. The SMILES string of the molecule is Cc1cccc2nc(C(=O)N(C)CC(=O)NC3CCS(=O)(=O)C3)cn12. The fraction of sp³-hybridized carbons (Fsp3) is 0.438. The van der Waals surface area contributed by atoms with E-state index >= 15 is 0 Å². The van der Waals surface area contributed by atoms with Gasteiger partial charge in [-0.1, -0.05) is 6.07 Å². The molecule has 2 aromatic rings. The highest BCUT2D eigenvalue weighted by molar-refractivity contribution is 7.91. The number of nitrogens with zero attached hydrogens (tertiary/aromatic N) is 3. The minimum Gasteiger partial charge on any atom is -0.351 e. The van der Waals surface area contributed by atoms with Gasteiger partial charge in [0.1, 0.15) is 11.3 Å².